The second-order valence-corrected chi connectivity index (χ2v) is 3.84. The maximum absolute atomic E-state index is 13.3. The van der Waals surface area contributed by atoms with E-state index in [2.05, 4.69) is 0 Å². The maximum atomic E-state index is 13.3. The molecule has 1 aromatic rings. The van der Waals surface area contributed by atoms with Gasteiger partial charge in [-0.1, -0.05) is 0 Å². The molecule has 6 nitrogen and oxygen atoms in total. The second-order valence-electron chi connectivity index (χ2n) is 3.84. The molecule has 17 heavy (non-hydrogen) atoms. The molecule has 0 radical (unpaired) electrons. The van der Waals surface area contributed by atoms with Crippen LogP contribution in [0.5, 0.6) is 0 Å². The Labute approximate surface area is 96.2 Å². The van der Waals surface area contributed by atoms with Gasteiger partial charge in [0.25, 0.3) is 5.56 Å². The summed E-state index contributed by atoms with van der Waals surface area (Å²) in [6, 6.07) is 2.63. The van der Waals surface area contributed by atoms with Gasteiger partial charge in [0.2, 0.25) is 0 Å². The third-order valence-electron chi connectivity index (χ3n) is 2.73. The maximum Gasteiger partial charge on any atom is 0.254 e. The molecule has 0 bridgehead atoms. The highest BCUT2D eigenvalue weighted by atomic mass is 19.1. The monoisotopic (exact) mass is 244 g/mol. The van der Waals surface area contributed by atoms with Crippen molar-refractivity contribution in [2.75, 3.05) is 12.1 Å². The summed E-state index contributed by atoms with van der Waals surface area (Å²) in [5, 5.41) is 17.5. The number of alkyl halides is 1. The smallest absolute Gasteiger partial charge is 0.254 e. The third kappa shape index (κ3) is 2.31. The van der Waals surface area contributed by atoms with E-state index < -0.39 is 30.7 Å². The Hall–Kier alpha value is -1.44. The van der Waals surface area contributed by atoms with E-state index in [-0.39, 0.29) is 12.1 Å². The van der Waals surface area contributed by atoms with E-state index >= 15 is 0 Å². The standard InChI is InChI=1S/C10H13FN2O4/c11-7-4-10(17-8(7)5-14)13-2-1-6(12-16)3-9(13)15/h1-3,7-8,10,12,14,16H,4-5H2/t7-,8+,10+/m0/s1. The van der Waals surface area contributed by atoms with Gasteiger partial charge in [-0.05, 0) is 6.07 Å². The number of hydrogen-bond donors (Lipinski definition) is 3. The first-order valence-electron chi connectivity index (χ1n) is 5.18. The Kier molecular flexibility index (Phi) is 3.41. The number of rotatable bonds is 3. The number of aliphatic hydroxyl groups is 1. The van der Waals surface area contributed by atoms with Gasteiger partial charge in [-0.25, -0.2) is 4.39 Å². The van der Waals surface area contributed by atoms with Crippen molar-refractivity contribution in [1.29, 1.82) is 0 Å². The molecule has 2 rings (SSSR count). The quantitative estimate of drug-likeness (QED) is 0.664. The highest BCUT2D eigenvalue weighted by molar-refractivity contribution is 5.38. The molecule has 1 aliphatic heterocycles. The zero-order chi connectivity index (χ0) is 12.4. The van der Waals surface area contributed by atoms with Gasteiger partial charge in [-0.2, -0.15) is 0 Å². The van der Waals surface area contributed by atoms with Crippen molar-refractivity contribution in [3.8, 4) is 0 Å². The topological polar surface area (TPSA) is 83.7 Å². The number of halogens is 1. The number of nitrogens with zero attached hydrogens (tertiary/aromatic N) is 1. The number of hydrogen-bond acceptors (Lipinski definition) is 5. The first-order valence-corrected chi connectivity index (χ1v) is 5.18. The Balaban J connectivity index is 2.22. The van der Waals surface area contributed by atoms with Crippen LogP contribution in [0.25, 0.3) is 0 Å². The van der Waals surface area contributed by atoms with Crippen LogP contribution in [0.3, 0.4) is 0 Å². The van der Waals surface area contributed by atoms with Gasteiger partial charge in [-0.3, -0.25) is 20.0 Å². The van der Waals surface area contributed by atoms with Crippen LogP contribution in [0.2, 0.25) is 0 Å². The van der Waals surface area contributed by atoms with Crippen molar-refractivity contribution in [2.45, 2.75) is 24.9 Å². The number of pyridine rings is 1. The van der Waals surface area contributed by atoms with E-state index in [9.17, 15) is 9.18 Å². The molecule has 0 aliphatic carbocycles. The van der Waals surface area contributed by atoms with E-state index in [1.165, 1.54) is 22.9 Å². The van der Waals surface area contributed by atoms with Gasteiger partial charge in [-0.15, -0.1) is 0 Å². The Morgan fingerprint density at radius 3 is 2.94 bits per heavy atom. The molecule has 2 heterocycles. The Morgan fingerprint density at radius 1 is 1.65 bits per heavy atom. The van der Waals surface area contributed by atoms with Crippen molar-refractivity contribution in [1.82, 2.24) is 4.57 Å². The molecule has 1 aliphatic rings. The predicted molar refractivity (Wildman–Crippen MR) is 56.6 cm³/mol. The number of aliphatic hydroxyl groups excluding tert-OH is 1. The lowest BCUT2D eigenvalue weighted by Gasteiger charge is -2.14. The summed E-state index contributed by atoms with van der Waals surface area (Å²) < 4.78 is 19.8. The molecule has 0 spiro atoms. The number of anilines is 1. The van der Waals surface area contributed by atoms with Crippen LogP contribution in [-0.2, 0) is 4.74 Å². The van der Waals surface area contributed by atoms with Crippen molar-refractivity contribution in [2.24, 2.45) is 0 Å². The average molecular weight is 244 g/mol. The second kappa shape index (κ2) is 4.82. The molecule has 3 atom stereocenters. The number of ether oxygens (including phenoxy) is 1. The molecule has 1 fully saturated rings. The lowest BCUT2D eigenvalue weighted by atomic mass is 10.2. The minimum Gasteiger partial charge on any atom is -0.394 e. The Bertz CT molecular complexity index is 450. The first-order chi connectivity index (χ1) is 8.15. The van der Waals surface area contributed by atoms with Crippen molar-refractivity contribution >= 4 is 5.69 Å². The van der Waals surface area contributed by atoms with Crippen LogP contribution in [0.15, 0.2) is 23.1 Å². The average Bonchev–Trinajstić information content (AvgIpc) is 2.70. The van der Waals surface area contributed by atoms with Crippen molar-refractivity contribution in [3.63, 3.8) is 0 Å². The molecule has 94 valence electrons. The van der Waals surface area contributed by atoms with E-state index in [4.69, 9.17) is 15.1 Å². The van der Waals surface area contributed by atoms with Gasteiger partial charge in [0.05, 0.1) is 12.3 Å². The summed E-state index contributed by atoms with van der Waals surface area (Å²) in [4.78, 5) is 11.6. The summed E-state index contributed by atoms with van der Waals surface area (Å²) in [6.07, 6.45) is -1.47. The molecule has 0 saturated carbocycles. The molecule has 1 aromatic heterocycles. The molecule has 1 saturated heterocycles. The van der Waals surface area contributed by atoms with Crippen LogP contribution >= 0.6 is 0 Å². The van der Waals surface area contributed by atoms with Crippen molar-refractivity contribution < 1.29 is 19.4 Å². The highest BCUT2D eigenvalue weighted by Crippen LogP contribution is 2.29. The largest absolute Gasteiger partial charge is 0.394 e. The van der Waals surface area contributed by atoms with Gasteiger partial charge >= 0.3 is 0 Å². The van der Waals surface area contributed by atoms with Crippen molar-refractivity contribution in [3.05, 3.63) is 28.7 Å². The van der Waals surface area contributed by atoms with Gasteiger partial charge in [0.1, 0.15) is 18.5 Å². The fourth-order valence-corrected chi connectivity index (χ4v) is 1.82. The van der Waals surface area contributed by atoms with E-state index in [0.717, 1.165) is 0 Å². The molecule has 3 N–H and O–H groups in total. The fraction of sp³-hybridized carbons (Fsp3) is 0.500. The molecular weight excluding hydrogens is 231 g/mol. The molecule has 7 heteroatoms. The highest BCUT2D eigenvalue weighted by Gasteiger charge is 2.36. The minimum absolute atomic E-state index is 0.0248. The number of aromatic nitrogens is 1. The summed E-state index contributed by atoms with van der Waals surface area (Å²) >= 11 is 0. The van der Waals surface area contributed by atoms with Gasteiger partial charge in [0, 0.05) is 18.7 Å². The SMILES string of the molecule is O=c1cc(NO)ccn1[C@H]1C[C@H](F)[C@@H](CO)O1. The van der Waals surface area contributed by atoms with E-state index in [1.54, 1.807) is 0 Å². The molecular formula is C10H13FN2O4. The molecule has 0 amide bonds. The zero-order valence-electron chi connectivity index (χ0n) is 8.91. The van der Waals surface area contributed by atoms with E-state index in [1.807, 2.05) is 5.48 Å². The summed E-state index contributed by atoms with van der Waals surface area (Å²) in [6.45, 7) is -0.414. The number of nitrogens with one attached hydrogen (secondary N) is 1. The first kappa shape index (κ1) is 12.0. The van der Waals surface area contributed by atoms with E-state index in [0.29, 0.717) is 0 Å². The van der Waals surface area contributed by atoms with Gasteiger partial charge < -0.3 is 9.84 Å². The lowest BCUT2D eigenvalue weighted by Crippen LogP contribution is -2.25. The molecule has 0 unspecified atom stereocenters. The van der Waals surface area contributed by atoms with Crippen LogP contribution in [0.4, 0.5) is 10.1 Å². The van der Waals surface area contributed by atoms with Crippen LogP contribution in [-0.4, -0.2) is 33.8 Å². The third-order valence-corrected chi connectivity index (χ3v) is 2.73. The fourth-order valence-electron chi connectivity index (χ4n) is 1.82. The normalized spacial score (nSPS) is 28.3. The molecule has 0 aromatic carbocycles. The van der Waals surface area contributed by atoms with Crippen LogP contribution in [0, 0.1) is 0 Å². The Morgan fingerprint density at radius 2 is 2.41 bits per heavy atom. The summed E-state index contributed by atoms with van der Waals surface area (Å²) in [7, 11) is 0. The summed E-state index contributed by atoms with van der Waals surface area (Å²) in [5.41, 5.74) is 1.68. The van der Waals surface area contributed by atoms with Crippen LogP contribution in [0.1, 0.15) is 12.6 Å². The minimum atomic E-state index is -1.28. The lowest BCUT2D eigenvalue weighted by molar-refractivity contribution is -0.0350. The van der Waals surface area contributed by atoms with Gasteiger partial charge in [0.15, 0.2) is 0 Å². The predicted octanol–water partition coefficient (Wildman–Crippen LogP) is 0.267. The zero-order valence-corrected chi connectivity index (χ0v) is 8.91. The van der Waals surface area contributed by atoms with Crippen LogP contribution < -0.4 is 11.0 Å². The summed E-state index contributed by atoms with van der Waals surface area (Å²) in [5.74, 6) is 0.